The van der Waals surface area contributed by atoms with Gasteiger partial charge in [0.25, 0.3) is 0 Å². The molecule has 1 atom stereocenters. The van der Waals surface area contributed by atoms with Crippen LogP contribution < -0.4 is 5.32 Å². The van der Waals surface area contributed by atoms with Crippen LogP contribution in [0.5, 0.6) is 0 Å². The maximum Gasteiger partial charge on any atom is 0.0343 e. The van der Waals surface area contributed by atoms with Crippen molar-refractivity contribution in [3.05, 3.63) is 34.3 Å². The summed E-state index contributed by atoms with van der Waals surface area (Å²) in [5.74, 6) is 0. The molecule has 1 saturated carbocycles. The molecule has 1 fully saturated rings. The van der Waals surface area contributed by atoms with Gasteiger partial charge in [-0.25, -0.2) is 0 Å². The fourth-order valence-corrected chi connectivity index (χ4v) is 2.96. The lowest BCUT2D eigenvalue weighted by molar-refractivity contribution is 0.299. The van der Waals surface area contributed by atoms with Crippen molar-refractivity contribution in [2.75, 3.05) is 20.1 Å². The quantitative estimate of drug-likeness (QED) is 0.828. The normalized spacial score (nSPS) is 17.1. The third kappa shape index (κ3) is 3.81. The summed E-state index contributed by atoms with van der Waals surface area (Å²) in [6, 6.07) is 9.85. The Balaban J connectivity index is 1.96. The van der Waals surface area contributed by atoms with E-state index < -0.39 is 0 Å². The van der Waals surface area contributed by atoms with Crippen LogP contribution in [0.25, 0.3) is 0 Å². The Kier molecular flexibility index (Phi) is 5.22. The van der Waals surface area contributed by atoms with E-state index in [1.165, 1.54) is 35.8 Å². The van der Waals surface area contributed by atoms with Gasteiger partial charge in [0.15, 0.2) is 0 Å². The second kappa shape index (κ2) is 6.69. The summed E-state index contributed by atoms with van der Waals surface area (Å²) in [7, 11) is 2.25. The lowest BCUT2D eigenvalue weighted by atomic mass is 10.0. The minimum atomic E-state index is 0.451. The smallest absolute Gasteiger partial charge is 0.0343 e. The first-order chi connectivity index (χ1) is 8.72. The highest BCUT2D eigenvalue weighted by Crippen LogP contribution is 2.28. The molecule has 1 N–H and O–H groups in total. The summed E-state index contributed by atoms with van der Waals surface area (Å²) in [5, 5.41) is 3.60. The Hall–Kier alpha value is -0.380. The van der Waals surface area contributed by atoms with E-state index >= 15 is 0 Å². The Bertz CT molecular complexity index is 377. The van der Waals surface area contributed by atoms with Gasteiger partial charge in [0.1, 0.15) is 0 Å². The SMILES string of the molecule is CCNC(CCN(C)C1CC1)c1ccccc1Br. The summed E-state index contributed by atoms with van der Waals surface area (Å²) >= 11 is 3.66. The van der Waals surface area contributed by atoms with Crippen molar-refractivity contribution in [2.24, 2.45) is 0 Å². The van der Waals surface area contributed by atoms with Crippen LogP contribution in [0, 0.1) is 0 Å². The Labute approximate surface area is 119 Å². The molecule has 1 unspecified atom stereocenters. The molecule has 100 valence electrons. The number of hydrogen-bond donors (Lipinski definition) is 1. The first-order valence-corrected chi connectivity index (χ1v) is 7.69. The van der Waals surface area contributed by atoms with Gasteiger partial charge in [-0.2, -0.15) is 0 Å². The highest BCUT2D eigenvalue weighted by Gasteiger charge is 2.26. The standard InChI is InChI=1S/C15H23BrN2/c1-3-17-15(10-11-18(2)12-8-9-12)13-6-4-5-7-14(13)16/h4-7,12,15,17H,3,8-11H2,1-2H3. The van der Waals surface area contributed by atoms with Crippen LogP contribution in [0.2, 0.25) is 0 Å². The van der Waals surface area contributed by atoms with E-state index in [0.717, 1.165) is 12.6 Å². The average Bonchev–Trinajstić information content (AvgIpc) is 3.19. The molecule has 1 aliphatic carbocycles. The van der Waals surface area contributed by atoms with Crippen LogP contribution in [0.3, 0.4) is 0 Å². The first-order valence-electron chi connectivity index (χ1n) is 6.90. The molecule has 2 rings (SSSR count). The van der Waals surface area contributed by atoms with Crippen molar-refractivity contribution in [3.63, 3.8) is 0 Å². The molecule has 0 saturated heterocycles. The van der Waals surface area contributed by atoms with E-state index in [0.29, 0.717) is 6.04 Å². The minimum absolute atomic E-state index is 0.451. The molecule has 2 nitrogen and oxygen atoms in total. The molecule has 3 heteroatoms. The summed E-state index contributed by atoms with van der Waals surface area (Å²) in [4.78, 5) is 2.50. The molecular weight excluding hydrogens is 288 g/mol. The zero-order valence-electron chi connectivity index (χ0n) is 11.3. The monoisotopic (exact) mass is 310 g/mol. The third-order valence-corrected chi connectivity index (χ3v) is 4.39. The zero-order chi connectivity index (χ0) is 13.0. The van der Waals surface area contributed by atoms with Crippen molar-refractivity contribution in [2.45, 2.75) is 38.3 Å². The Morgan fingerprint density at radius 1 is 1.39 bits per heavy atom. The van der Waals surface area contributed by atoms with Crippen molar-refractivity contribution < 1.29 is 0 Å². The molecule has 0 aliphatic heterocycles. The van der Waals surface area contributed by atoms with Crippen molar-refractivity contribution in [1.29, 1.82) is 0 Å². The minimum Gasteiger partial charge on any atom is -0.310 e. The number of halogens is 1. The van der Waals surface area contributed by atoms with E-state index in [1.54, 1.807) is 0 Å². The van der Waals surface area contributed by atoms with E-state index in [1.807, 2.05) is 0 Å². The maximum atomic E-state index is 3.66. The molecule has 1 aliphatic rings. The first kappa shape index (κ1) is 14.0. The van der Waals surface area contributed by atoms with Crippen molar-refractivity contribution >= 4 is 15.9 Å². The third-order valence-electron chi connectivity index (χ3n) is 3.67. The van der Waals surface area contributed by atoms with Gasteiger partial charge in [0.2, 0.25) is 0 Å². The van der Waals surface area contributed by atoms with Gasteiger partial charge in [-0.3, -0.25) is 0 Å². The lowest BCUT2D eigenvalue weighted by Gasteiger charge is -2.23. The summed E-state index contributed by atoms with van der Waals surface area (Å²) in [6.07, 6.45) is 3.94. The summed E-state index contributed by atoms with van der Waals surface area (Å²) in [6.45, 7) is 4.36. The predicted molar refractivity (Wildman–Crippen MR) is 80.8 cm³/mol. The molecule has 18 heavy (non-hydrogen) atoms. The number of nitrogens with zero attached hydrogens (tertiary/aromatic N) is 1. The van der Waals surface area contributed by atoms with E-state index in [-0.39, 0.29) is 0 Å². The molecule has 0 radical (unpaired) electrons. The highest BCUT2D eigenvalue weighted by molar-refractivity contribution is 9.10. The molecular formula is C15H23BrN2. The molecule has 1 aromatic rings. The van der Waals surface area contributed by atoms with E-state index in [2.05, 4.69) is 64.4 Å². The molecule has 1 aromatic carbocycles. The maximum absolute atomic E-state index is 3.66. The van der Waals surface area contributed by atoms with Crippen LogP contribution in [0.1, 0.15) is 37.8 Å². The van der Waals surface area contributed by atoms with Gasteiger partial charge in [-0.1, -0.05) is 41.1 Å². The fraction of sp³-hybridized carbons (Fsp3) is 0.600. The summed E-state index contributed by atoms with van der Waals surface area (Å²) < 4.78 is 1.21. The van der Waals surface area contributed by atoms with Crippen LogP contribution in [0.4, 0.5) is 0 Å². The van der Waals surface area contributed by atoms with Crippen LogP contribution >= 0.6 is 15.9 Å². The molecule has 0 amide bonds. The van der Waals surface area contributed by atoms with Gasteiger partial charge in [0.05, 0.1) is 0 Å². The Morgan fingerprint density at radius 3 is 2.72 bits per heavy atom. The van der Waals surface area contributed by atoms with Gasteiger partial charge in [0, 0.05) is 16.6 Å². The average molecular weight is 311 g/mol. The van der Waals surface area contributed by atoms with E-state index in [4.69, 9.17) is 0 Å². The largest absolute Gasteiger partial charge is 0.310 e. The second-order valence-corrected chi connectivity index (χ2v) is 5.99. The van der Waals surface area contributed by atoms with Gasteiger partial charge >= 0.3 is 0 Å². The van der Waals surface area contributed by atoms with Gasteiger partial charge in [-0.15, -0.1) is 0 Å². The second-order valence-electron chi connectivity index (χ2n) is 5.13. The van der Waals surface area contributed by atoms with Crippen molar-refractivity contribution in [1.82, 2.24) is 10.2 Å². The van der Waals surface area contributed by atoms with E-state index in [9.17, 15) is 0 Å². The number of benzene rings is 1. The van der Waals surface area contributed by atoms with Crippen LogP contribution in [-0.4, -0.2) is 31.1 Å². The fourth-order valence-electron chi connectivity index (χ4n) is 2.40. The van der Waals surface area contributed by atoms with Crippen molar-refractivity contribution in [3.8, 4) is 0 Å². The highest BCUT2D eigenvalue weighted by atomic mass is 79.9. The topological polar surface area (TPSA) is 15.3 Å². The number of nitrogens with one attached hydrogen (secondary N) is 1. The van der Waals surface area contributed by atoms with Gasteiger partial charge < -0.3 is 10.2 Å². The number of hydrogen-bond acceptors (Lipinski definition) is 2. The molecule has 0 heterocycles. The van der Waals surface area contributed by atoms with Gasteiger partial charge in [-0.05, 0) is 51.0 Å². The molecule has 0 bridgehead atoms. The predicted octanol–water partition coefficient (Wildman–Crippen LogP) is 3.58. The lowest BCUT2D eigenvalue weighted by Crippen LogP contribution is -2.28. The van der Waals surface area contributed by atoms with Crippen LogP contribution in [0.15, 0.2) is 28.7 Å². The molecule has 0 spiro atoms. The molecule has 0 aromatic heterocycles. The van der Waals surface area contributed by atoms with Crippen LogP contribution in [-0.2, 0) is 0 Å². The zero-order valence-corrected chi connectivity index (χ0v) is 12.9. The summed E-state index contributed by atoms with van der Waals surface area (Å²) in [5.41, 5.74) is 1.38. The number of rotatable bonds is 7. The Morgan fingerprint density at radius 2 is 2.11 bits per heavy atom.